The van der Waals surface area contributed by atoms with Gasteiger partial charge in [-0.15, -0.1) is 0 Å². The highest BCUT2D eigenvalue weighted by molar-refractivity contribution is 6.42. The van der Waals surface area contributed by atoms with Gasteiger partial charge in [0.05, 0.1) is 15.6 Å². The molecule has 2 unspecified atom stereocenters. The summed E-state index contributed by atoms with van der Waals surface area (Å²) < 4.78 is 53.0. The van der Waals surface area contributed by atoms with Gasteiger partial charge in [-0.05, 0) is 61.5 Å². The molecule has 4 rings (SSSR count). The number of hydrogen-bond acceptors (Lipinski definition) is 3. The monoisotopic (exact) mass is 539 g/mol. The summed E-state index contributed by atoms with van der Waals surface area (Å²) in [6, 6.07) is 11.4. The third-order valence-electron chi connectivity index (χ3n) is 6.43. The average molecular weight is 540 g/mol. The molecule has 4 nitrogen and oxygen atoms in total. The maximum absolute atomic E-state index is 14.2. The Kier molecular flexibility index (Phi) is 7.59. The molecule has 1 saturated heterocycles. The average Bonchev–Trinajstić information content (AvgIpc) is 3.25. The largest absolute Gasteiger partial charge is 0.419 e. The summed E-state index contributed by atoms with van der Waals surface area (Å²) in [5, 5.41) is 0.790. The van der Waals surface area contributed by atoms with Crippen LogP contribution in [0.5, 0.6) is 0 Å². The summed E-state index contributed by atoms with van der Waals surface area (Å²) in [6.45, 7) is 2.76. The Labute approximate surface area is 216 Å². The van der Waals surface area contributed by atoms with Gasteiger partial charge in [0.25, 0.3) is 5.91 Å². The molecule has 1 fully saturated rings. The van der Waals surface area contributed by atoms with E-state index in [9.17, 15) is 22.4 Å². The van der Waals surface area contributed by atoms with Crippen molar-refractivity contribution in [3.8, 4) is 0 Å². The highest BCUT2D eigenvalue weighted by Crippen LogP contribution is 2.36. The van der Waals surface area contributed by atoms with Gasteiger partial charge >= 0.3 is 6.18 Å². The highest BCUT2D eigenvalue weighted by atomic mass is 35.5. The first-order valence-electron chi connectivity index (χ1n) is 11.2. The number of amides is 1. The lowest BCUT2D eigenvalue weighted by molar-refractivity contribution is -0.140. The van der Waals surface area contributed by atoms with Crippen molar-refractivity contribution < 1.29 is 22.4 Å². The summed E-state index contributed by atoms with van der Waals surface area (Å²) in [5.41, 5.74) is 1.21. The highest BCUT2D eigenvalue weighted by Gasteiger charge is 2.39. The van der Waals surface area contributed by atoms with Crippen molar-refractivity contribution in [3.05, 3.63) is 98.5 Å². The normalized spacial score (nSPS) is 18.2. The summed E-state index contributed by atoms with van der Waals surface area (Å²) in [7, 11) is 1.80. The Bertz CT molecular complexity index is 1280. The number of carbonyl (C=O) groups excluding carboxylic acids is 1. The van der Waals surface area contributed by atoms with Crippen LogP contribution < -0.4 is 0 Å². The zero-order valence-corrected chi connectivity index (χ0v) is 21.0. The third-order valence-corrected chi connectivity index (χ3v) is 7.17. The van der Waals surface area contributed by atoms with Crippen LogP contribution in [0, 0.1) is 12.7 Å². The van der Waals surface area contributed by atoms with Crippen LogP contribution in [0.4, 0.5) is 17.6 Å². The molecular formula is C26H23Cl2F4N3O. The van der Waals surface area contributed by atoms with Crippen molar-refractivity contribution in [2.45, 2.75) is 31.6 Å². The topological polar surface area (TPSA) is 36.4 Å². The number of hydrogen-bond donors (Lipinski definition) is 0. The van der Waals surface area contributed by atoms with Gasteiger partial charge in [-0.2, -0.15) is 13.2 Å². The van der Waals surface area contributed by atoms with Gasteiger partial charge in [0.2, 0.25) is 0 Å². The molecule has 1 aliphatic rings. The van der Waals surface area contributed by atoms with Gasteiger partial charge in [-0.1, -0.05) is 35.3 Å². The number of aryl methyl sites for hydroxylation is 1. The molecule has 1 aromatic heterocycles. The van der Waals surface area contributed by atoms with Gasteiger partial charge in [-0.3, -0.25) is 14.7 Å². The van der Waals surface area contributed by atoms with Crippen LogP contribution in [-0.2, 0) is 12.7 Å². The fourth-order valence-corrected chi connectivity index (χ4v) is 4.93. The molecular weight excluding hydrogens is 517 g/mol. The molecule has 0 aliphatic carbocycles. The van der Waals surface area contributed by atoms with E-state index in [2.05, 4.69) is 4.98 Å². The number of halogens is 6. The van der Waals surface area contributed by atoms with Crippen LogP contribution in [0.3, 0.4) is 0 Å². The second-order valence-electron chi connectivity index (χ2n) is 8.97. The SMILES string of the molecule is Cc1cc(C(=O)N2CC(c3ccc(Cl)c(Cl)c3)C(N(C)Cc3ccc(C(F)(F)F)c(F)c3)C2)ccn1. The second kappa shape index (κ2) is 10.4. The fraction of sp³-hybridized carbons (Fsp3) is 0.308. The molecule has 0 saturated carbocycles. The minimum Gasteiger partial charge on any atom is -0.336 e. The third kappa shape index (κ3) is 5.66. The minimum atomic E-state index is -4.76. The maximum atomic E-state index is 14.2. The van der Waals surface area contributed by atoms with Crippen molar-refractivity contribution in [1.82, 2.24) is 14.8 Å². The van der Waals surface area contributed by atoms with Crippen LogP contribution in [0.15, 0.2) is 54.7 Å². The second-order valence-corrected chi connectivity index (χ2v) is 9.78. The van der Waals surface area contributed by atoms with Crippen LogP contribution >= 0.6 is 23.2 Å². The van der Waals surface area contributed by atoms with E-state index in [1.54, 1.807) is 49.3 Å². The van der Waals surface area contributed by atoms with Crippen LogP contribution in [0.25, 0.3) is 0 Å². The Hall–Kier alpha value is -2.68. The van der Waals surface area contributed by atoms with E-state index >= 15 is 0 Å². The Morgan fingerprint density at radius 3 is 2.47 bits per heavy atom. The number of aromatic nitrogens is 1. The lowest BCUT2D eigenvalue weighted by Crippen LogP contribution is -2.38. The van der Waals surface area contributed by atoms with E-state index in [0.29, 0.717) is 34.3 Å². The predicted molar refractivity (Wildman–Crippen MR) is 131 cm³/mol. The van der Waals surface area contributed by atoms with Crippen molar-refractivity contribution in [3.63, 3.8) is 0 Å². The van der Waals surface area contributed by atoms with E-state index in [-0.39, 0.29) is 24.4 Å². The molecule has 0 bridgehead atoms. The zero-order valence-electron chi connectivity index (χ0n) is 19.5. The number of likely N-dealkylation sites (tertiary alicyclic amines) is 1. The van der Waals surface area contributed by atoms with E-state index in [4.69, 9.17) is 23.2 Å². The van der Waals surface area contributed by atoms with Crippen molar-refractivity contribution in [2.24, 2.45) is 0 Å². The molecule has 190 valence electrons. The number of alkyl halides is 3. The molecule has 10 heteroatoms. The van der Waals surface area contributed by atoms with Crippen molar-refractivity contribution in [1.29, 1.82) is 0 Å². The summed E-state index contributed by atoms with van der Waals surface area (Å²) >= 11 is 12.4. The van der Waals surface area contributed by atoms with Crippen LogP contribution in [0.1, 0.15) is 38.7 Å². The van der Waals surface area contributed by atoms with Gasteiger partial charge in [0.1, 0.15) is 5.82 Å². The van der Waals surface area contributed by atoms with Crippen molar-refractivity contribution in [2.75, 3.05) is 20.1 Å². The molecule has 1 amide bonds. The van der Waals surface area contributed by atoms with Crippen LogP contribution in [-0.4, -0.2) is 46.9 Å². The number of benzene rings is 2. The zero-order chi connectivity index (χ0) is 26.2. The molecule has 2 atom stereocenters. The number of likely N-dealkylation sites (N-methyl/N-ethyl adjacent to an activating group) is 1. The van der Waals surface area contributed by atoms with Crippen LogP contribution in [0.2, 0.25) is 10.0 Å². The van der Waals surface area contributed by atoms with Gasteiger partial charge in [0, 0.05) is 49.0 Å². The van der Waals surface area contributed by atoms with E-state index in [0.717, 1.165) is 23.4 Å². The van der Waals surface area contributed by atoms with E-state index < -0.39 is 17.6 Å². The molecule has 2 aromatic carbocycles. The van der Waals surface area contributed by atoms with Gasteiger partial charge in [-0.25, -0.2) is 4.39 Å². The Morgan fingerprint density at radius 2 is 1.83 bits per heavy atom. The van der Waals surface area contributed by atoms with Gasteiger partial charge < -0.3 is 4.90 Å². The fourth-order valence-electron chi connectivity index (χ4n) is 4.62. The minimum absolute atomic E-state index is 0.151. The smallest absolute Gasteiger partial charge is 0.336 e. The van der Waals surface area contributed by atoms with E-state index in [1.807, 2.05) is 11.0 Å². The number of pyridine rings is 1. The molecule has 0 spiro atoms. The predicted octanol–water partition coefficient (Wildman–Crippen LogP) is 6.59. The Morgan fingerprint density at radius 1 is 1.08 bits per heavy atom. The lowest BCUT2D eigenvalue weighted by Gasteiger charge is -2.29. The molecule has 36 heavy (non-hydrogen) atoms. The molecule has 1 aliphatic heterocycles. The summed E-state index contributed by atoms with van der Waals surface area (Å²) in [5.74, 6) is -1.62. The summed E-state index contributed by atoms with van der Waals surface area (Å²) in [6.07, 6.45) is -3.18. The standard InChI is InChI=1S/C26H23Cl2F4N3O/c1-15-9-18(7-8-33-15)25(36)35-13-19(17-4-6-21(27)22(28)11-17)24(14-35)34(2)12-16-3-5-20(23(29)10-16)26(30,31)32/h3-11,19,24H,12-14H2,1-2H3. The molecule has 2 heterocycles. The molecule has 3 aromatic rings. The van der Waals surface area contributed by atoms with E-state index in [1.165, 1.54) is 6.07 Å². The number of carbonyl (C=O) groups is 1. The molecule has 0 N–H and O–H groups in total. The summed E-state index contributed by atoms with van der Waals surface area (Å²) in [4.78, 5) is 21.1. The first-order chi connectivity index (χ1) is 16.9. The van der Waals surface area contributed by atoms with Gasteiger partial charge in [0.15, 0.2) is 0 Å². The molecule has 0 radical (unpaired) electrons. The maximum Gasteiger partial charge on any atom is 0.419 e. The number of rotatable bonds is 5. The quantitative estimate of drug-likeness (QED) is 0.343. The lowest BCUT2D eigenvalue weighted by atomic mass is 9.93. The Balaban J connectivity index is 1.61. The first-order valence-corrected chi connectivity index (χ1v) is 11.9. The van der Waals surface area contributed by atoms with Crippen molar-refractivity contribution >= 4 is 29.1 Å². The first kappa shape index (κ1) is 26.4. The number of nitrogens with zero attached hydrogens (tertiary/aromatic N) is 3.